The zero-order valence-corrected chi connectivity index (χ0v) is 11.3. The van der Waals surface area contributed by atoms with E-state index in [2.05, 4.69) is 10.3 Å². The van der Waals surface area contributed by atoms with Gasteiger partial charge in [-0.15, -0.1) is 0 Å². The van der Waals surface area contributed by atoms with E-state index in [1.54, 1.807) is 18.3 Å². The molecular weight excluding hydrogens is 250 g/mol. The predicted molar refractivity (Wildman–Crippen MR) is 71.2 cm³/mol. The van der Waals surface area contributed by atoms with Crippen molar-refractivity contribution in [1.29, 1.82) is 0 Å². The van der Waals surface area contributed by atoms with Crippen molar-refractivity contribution in [2.45, 2.75) is 30.2 Å². The zero-order valence-electron chi connectivity index (χ0n) is 10.5. The minimum absolute atomic E-state index is 0.227. The van der Waals surface area contributed by atoms with Gasteiger partial charge in [-0.05, 0) is 37.4 Å². The van der Waals surface area contributed by atoms with Gasteiger partial charge in [0.25, 0.3) is 0 Å². The van der Waals surface area contributed by atoms with E-state index in [4.69, 9.17) is 5.73 Å². The van der Waals surface area contributed by atoms with Crippen molar-refractivity contribution in [3.05, 3.63) is 18.3 Å². The molecule has 1 heterocycles. The lowest BCUT2D eigenvalue weighted by atomic mass is 10.0. The Kier molecular flexibility index (Phi) is 3.87. The highest BCUT2D eigenvalue weighted by Gasteiger charge is 2.27. The second-order valence-electron chi connectivity index (χ2n) is 4.80. The van der Waals surface area contributed by atoms with Crippen LogP contribution in [0.5, 0.6) is 0 Å². The summed E-state index contributed by atoms with van der Waals surface area (Å²) in [5, 5.41) is 3.25. The van der Waals surface area contributed by atoms with Gasteiger partial charge in [0.1, 0.15) is 10.7 Å². The third-order valence-electron chi connectivity index (χ3n) is 3.45. The number of nitrogens with two attached hydrogens (primary N) is 1. The Labute approximate surface area is 108 Å². The Morgan fingerprint density at radius 2 is 2.28 bits per heavy atom. The fourth-order valence-electron chi connectivity index (χ4n) is 2.48. The molecule has 0 aliphatic heterocycles. The van der Waals surface area contributed by atoms with Crippen molar-refractivity contribution >= 4 is 15.7 Å². The topological polar surface area (TPSA) is 85.1 Å². The largest absolute Gasteiger partial charge is 0.366 e. The standard InChI is InChI=1S/C12H19N3O2S/c1-18(16,17)11-6-3-7-14-12(11)15-10-5-2-4-9(10)8-13/h3,6-7,9-10H,2,4-5,8,13H2,1H3,(H,14,15). The number of nitrogens with zero attached hydrogens (tertiary/aromatic N) is 1. The summed E-state index contributed by atoms with van der Waals surface area (Å²) in [6.45, 7) is 0.624. The van der Waals surface area contributed by atoms with E-state index in [1.807, 2.05) is 0 Å². The van der Waals surface area contributed by atoms with Crippen LogP contribution in [0.4, 0.5) is 5.82 Å². The highest BCUT2D eigenvalue weighted by Crippen LogP contribution is 2.29. The molecule has 2 rings (SSSR count). The molecule has 6 heteroatoms. The molecule has 0 saturated heterocycles. The van der Waals surface area contributed by atoms with E-state index in [0.717, 1.165) is 19.3 Å². The summed E-state index contributed by atoms with van der Waals surface area (Å²) in [5.41, 5.74) is 5.72. The normalized spacial score (nSPS) is 24.1. The molecule has 0 radical (unpaired) electrons. The molecule has 1 aliphatic rings. The SMILES string of the molecule is CS(=O)(=O)c1cccnc1NC1CCCC1CN. The van der Waals surface area contributed by atoms with Crippen LogP contribution in [0, 0.1) is 5.92 Å². The van der Waals surface area contributed by atoms with Gasteiger partial charge in [-0.25, -0.2) is 13.4 Å². The summed E-state index contributed by atoms with van der Waals surface area (Å²) in [6, 6.07) is 3.44. The van der Waals surface area contributed by atoms with Gasteiger partial charge >= 0.3 is 0 Å². The Morgan fingerprint density at radius 1 is 1.50 bits per heavy atom. The van der Waals surface area contributed by atoms with Crippen LogP contribution in [0.25, 0.3) is 0 Å². The minimum Gasteiger partial charge on any atom is -0.366 e. The van der Waals surface area contributed by atoms with Gasteiger partial charge in [0.05, 0.1) is 0 Å². The monoisotopic (exact) mass is 269 g/mol. The average molecular weight is 269 g/mol. The summed E-state index contributed by atoms with van der Waals surface area (Å²) >= 11 is 0. The fraction of sp³-hybridized carbons (Fsp3) is 0.583. The molecule has 0 amide bonds. The smallest absolute Gasteiger partial charge is 0.179 e. The second-order valence-corrected chi connectivity index (χ2v) is 6.78. The number of anilines is 1. The first-order valence-electron chi connectivity index (χ1n) is 6.14. The number of sulfone groups is 1. The maximum atomic E-state index is 11.7. The van der Waals surface area contributed by atoms with Gasteiger partial charge in [0.15, 0.2) is 9.84 Å². The summed E-state index contributed by atoms with van der Waals surface area (Å²) in [6.07, 6.45) is 6.03. The van der Waals surface area contributed by atoms with Crippen LogP contribution in [0.15, 0.2) is 23.2 Å². The van der Waals surface area contributed by atoms with Gasteiger partial charge in [-0.2, -0.15) is 0 Å². The number of rotatable bonds is 4. The fourth-order valence-corrected chi connectivity index (χ4v) is 3.27. The molecule has 18 heavy (non-hydrogen) atoms. The average Bonchev–Trinajstić information content (AvgIpc) is 2.75. The predicted octanol–water partition coefficient (Wildman–Crippen LogP) is 1.02. The highest BCUT2D eigenvalue weighted by molar-refractivity contribution is 7.90. The molecule has 1 aromatic heterocycles. The summed E-state index contributed by atoms with van der Waals surface area (Å²) in [5.74, 6) is 0.852. The van der Waals surface area contributed by atoms with E-state index in [1.165, 1.54) is 6.26 Å². The number of hydrogen-bond donors (Lipinski definition) is 2. The van der Waals surface area contributed by atoms with Gasteiger partial charge in [0, 0.05) is 18.5 Å². The van der Waals surface area contributed by atoms with Crippen LogP contribution in [-0.4, -0.2) is 32.2 Å². The first-order chi connectivity index (χ1) is 8.52. The maximum Gasteiger partial charge on any atom is 0.179 e. The highest BCUT2D eigenvalue weighted by atomic mass is 32.2. The molecule has 0 aromatic carbocycles. The van der Waals surface area contributed by atoms with Crippen LogP contribution in [-0.2, 0) is 9.84 Å². The van der Waals surface area contributed by atoms with Gasteiger partial charge < -0.3 is 11.1 Å². The van der Waals surface area contributed by atoms with E-state index in [-0.39, 0.29) is 10.9 Å². The van der Waals surface area contributed by atoms with E-state index < -0.39 is 9.84 Å². The van der Waals surface area contributed by atoms with Crippen molar-refractivity contribution in [1.82, 2.24) is 4.98 Å². The Morgan fingerprint density at radius 3 is 2.94 bits per heavy atom. The van der Waals surface area contributed by atoms with E-state index in [9.17, 15) is 8.42 Å². The molecule has 0 bridgehead atoms. The van der Waals surface area contributed by atoms with Crippen LogP contribution in [0.2, 0.25) is 0 Å². The molecular formula is C12H19N3O2S. The molecule has 5 nitrogen and oxygen atoms in total. The van der Waals surface area contributed by atoms with E-state index in [0.29, 0.717) is 18.3 Å². The van der Waals surface area contributed by atoms with Gasteiger partial charge in [-0.1, -0.05) is 6.42 Å². The third kappa shape index (κ3) is 2.81. The molecule has 1 fully saturated rings. The Bertz CT molecular complexity index is 516. The summed E-state index contributed by atoms with van der Waals surface area (Å²) in [7, 11) is -3.26. The van der Waals surface area contributed by atoms with Gasteiger partial charge in [0.2, 0.25) is 0 Å². The number of hydrogen-bond acceptors (Lipinski definition) is 5. The molecule has 100 valence electrons. The maximum absolute atomic E-state index is 11.7. The lowest BCUT2D eigenvalue weighted by Gasteiger charge is -2.21. The van der Waals surface area contributed by atoms with Crippen LogP contribution >= 0.6 is 0 Å². The van der Waals surface area contributed by atoms with Crippen molar-refractivity contribution in [2.75, 3.05) is 18.1 Å². The molecule has 1 aliphatic carbocycles. The van der Waals surface area contributed by atoms with E-state index >= 15 is 0 Å². The Balaban J connectivity index is 2.24. The van der Waals surface area contributed by atoms with Crippen LogP contribution in [0.3, 0.4) is 0 Å². The quantitative estimate of drug-likeness (QED) is 0.852. The summed E-state index contributed by atoms with van der Waals surface area (Å²) < 4.78 is 23.3. The van der Waals surface area contributed by atoms with Gasteiger partial charge in [-0.3, -0.25) is 0 Å². The lowest BCUT2D eigenvalue weighted by Crippen LogP contribution is -2.30. The van der Waals surface area contributed by atoms with Crippen LogP contribution in [0.1, 0.15) is 19.3 Å². The number of pyridine rings is 1. The first kappa shape index (κ1) is 13.3. The van der Waals surface area contributed by atoms with Crippen molar-refractivity contribution in [2.24, 2.45) is 11.7 Å². The molecule has 1 saturated carbocycles. The molecule has 2 atom stereocenters. The van der Waals surface area contributed by atoms with Crippen LogP contribution < -0.4 is 11.1 Å². The zero-order chi connectivity index (χ0) is 13.2. The number of aromatic nitrogens is 1. The molecule has 0 spiro atoms. The van der Waals surface area contributed by atoms with Crippen molar-refractivity contribution in [3.63, 3.8) is 0 Å². The third-order valence-corrected chi connectivity index (χ3v) is 4.58. The number of nitrogens with one attached hydrogen (secondary N) is 1. The summed E-state index contributed by atoms with van der Waals surface area (Å²) in [4.78, 5) is 4.40. The lowest BCUT2D eigenvalue weighted by molar-refractivity contribution is 0.514. The molecule has 2 unspecified atom stereocenters. The van der Waals surface area contributed by atoms with Crippen molar-refractivity contribution in [3.8, 4) is 0 Å². The second kappa shape index (κ2) is 5.24. The molecule has 3 N–H and O–H groups in total. The first-order valence-corrected chi connectivity index (χ1v) is 8.03. The Hall–Kier alpha value is -1.14. The molecule has 1 aromatic rings. The minimum atomic E-state index is -3.26. The van der Waals surface area contributed by atoms with Crippen molar-refractivity contribution < 1.29 is 8.42 Å².